The molecule has 0 rings (SSSR count). The van der Waals surface area contributed by atoms with Crippen molar-refractivity contribution in [3.63, 3.8) is 0 Å². The maximum absolute atomic E-state index is 11.4. The van der Waals surface area contributed by atoms with E-state index in [-0.39, 0.29) is 19.0 Å². The minimum atomic E-state index is -0.894. The molecule has 0 aromatic rings. The van der Waals surface area contributed by atoms with Gasteiger partial charge in [-0.05, 0) is 19.4 Å². The molecule has 0 aliphatic carbocycles. The molecule has 5 heteroatoms. The van der Waals surface area contributed by atoms with Crippen LogP contribution < -0.4 is 5.32 Å². The van der Waals surface area contributed by atoms with Gasteiger partial charge < -0.3 is 10.4 Å². The fraction of sp³-hybridized carbons (Fsp3) is 0.818. The predicted octanol–water partition coefficient (Wildman–Crippen LogP) is 0.699. The molecule has 2 N–H and O–H groups in total. The predicted molar refractivity (Wildman–Crippen MR) is 62.3 cm³/mol. The summed E-state index contributed by atoms with van der Waals surface area (Å²) in [6.45, 7) is 5.42. The lowest BCUT2D eigenvalue weighted by Crippen LogP contribution is -2.40. The Labute approximate surface area is 96.8 Å². The maximum atomic E-state index is 11.4. The SMILES string of the molecule is CCCCNC(=O)CN(CCC)CC(=O)O. The number of carboxylic acid groups (broad SMARTS) is 1. The van der Waals surface area contributed by atoms with Crippen molar-refractivity contribution in [3.05, 3.63) is 0 Å². The van der Waals surface area contributed by atoms with Crippen molar-refractivity contribution < 1.29 is 14.7 Å². The van der Waals surface area contributed by atoms with Crippen LogP contribution in [-0.2, 0) is 9.59 Å². The van der Waals surface area contributed by atoms with Gasteiger partial charge in [-0.15, -0.1) is 0 Å². The topological polar surface area (TPSA) is 69.6 Å². The Balaban J connectivity index is 3.87. The molecule has 0 radical (unpaired) electrons. The summed E-state index contributed by atoms with van der Waals surface area (Å²) in [5, 5.41) is 11.4. The highest BCUT2D eigenvalue weighted by Gasteiger charge is 2.12. The highest BCUT2D eigenvalue weighted by molar-refractivity contribution is 5.78. The number of amides is 1. The summed E-state index contributed by atoms with van der Waals surface area (Å²) >= 11 is 0. The van der Waals surface area contributed by atoms with Gasteiger partial charge in [-0.1, -0.05) is 20.3 Å². The fourth-order valence-electron chi connectivity index (χ4n) is 1.39. The van der Waals surface area contributed by atoms with Gasteiger partial charge in [0.05, 0.1) is 13.1 Å². The lowest BCUT2D eigenvalue weighted by Gasteiger charge is -2.18. The Hall–Kier alpha value is -1.10. The van der Waals surface area contributed by atoms with Crippen LogP contribution in [0.5, 0.6) is 0 Å². The molecule has 16 heavy (non-hydrogen) atoms. The minimum absolute atomic E-state index is 0.0744. The van der Waals surface area contributed by atoms with Crippen LogP contribution in [0.4, 0.5) is 0 Å². The molecule has 0 bridgehead atoms. The lowest BCUT2D eigenvalue weighted by molar-refractivity contribution is -0.138. The zero-order chi connectivity index (χ0) is 12.4. The average molecular weight is 230 g/mol. The summed E-state index contributed by atoms with van der Waals surface area (Å²) in [6.07, 6.45) is 2.84. The summed E-state index contributed by atoms with van der Waals surface area (Å²) in [7, 11) is 0. The summed E-state index contributed by atoms with van der Waals surface area (Å²) in [6, 6.07) is 0. The number of unbranched alkanes of at least 4 members (excludes halogenated alkanes) is 1. The molecule has 1 amide bonds. The van der Waals surface area contributed by atoms with Gasteiger partial charge in [-0.3, -0.25) is 14.5 Å². The Morgan fingerprint density at radius 3 is 2.38 bits per heavy atom. The number of aliphatic carboxylic acids is 1. The normalized spacial score (nSPS) is 10.4. The molecule has 0 aromatic carbocycles. The molecule has 0 saturated carbocycles. The van der Waals surface area contributed by atoms with Gasteiger partial charge in [0.25, 0.3) is 0 Å². The van der Waals surface area contributed by atoms with Crippen LogP contribution in [0.3, 0.4) is 0 Å². The second-order valence-corrected chi connectivity index (χ2v) is 3.81. The van der Waals surface area contributed by atoms with Gasteiger partial charge in [-0.2, -0.15) is 0 Å². The van der Waals surface area contributed by atoms with E-state index in [1.807, 2.05) is 6.92 Å². The van der Waals surface area contributed by atoms with Gasteiger partial charge in [0.2, 0.25) is 5.91 Å². The van der Waals surface area contributed by atoms with E-state index in [0.29, 0.717) is 13.1 Å². The van der Waals surface area contributed by atoms with Crippen LogP contribution in [0.25, 0.3) is 0 Å². The maximum Gasteiger partial charge on any atom is 0.317 e. The van der Waals surface area contributed by atoms with Crippen LogP contribution in [-0.4, -0.2) is 48.1 Å². The highest BCUT2D eigenvalue weighted by Crippen LogP contribution is 1.91. The molecule has 0 aliphatic rings. The first-order valence-electron chi connectivity index (χ1n) is 5.81. The van der Waals surface area contributed by atoms with E-state index in [1.165, 1.54) is 0 Å². The molecule has 0 aliphatic heterocycles. The average Bonchev–Trinajstić information content (AvgIpc) is 2.17. The number of carboxylic acids is 1. The third-order valence-corrected chi connectivity index (χ3v) is 2.12. The highest BCUT2D eigenvalue weighted by atomic mass is 16.4. The summed E-state index contributed by atoms with van der Waals surface area (Å²) in [5.41, 5.74) is 0. The summed E-state index contributed by atoms with van der Waals surface area (Å²) in [4.78, 5) is 23.6. The van der Waals surface area contributed by atoms with Crippen molar-refractivity contribution in [1.29, 1.82) is 0 Å². The van der Waals surface area contributed by atoms with E-state index >= 15 is 0 Å². The van der Waals surface area contributed by atoms with Gasteiger partial charge in [0.15, 0.2) is 0 Å². The molecule has 0 unspecified atom stereocenters. The van der Waals surface area contributed by atoms with Gasteiger partial charge >= 0.3 is 5.97 Å². The molecule has 94 valence electrons. The summed E-state index contributed by atoms with van der Waals surface area (Å²) in [5.74, 6) is -0.988. The zero-order valence-corrected chi connectivity index (χ0v) is 10.2. The van der Waals surface area contributed by atoms with Crippen LogP contribution in [0.15, 0.2) is 0 Å². The van der Waals surface area contributed by atoms with E-state index in [9.17, 15) is 9.59 Å². The van der Waals surface area contributed by atoms with Gasteiger partial charge in [0.1, 0.15) is 0 Å². The van der Waals surface area contributed by atoms with Crippen LogP contribution in [0.2, 0.25) is 0 Å². The molecule has 0 atom stereocenters. The lowest BCUT2D eigenvalue weighted by atomic mass is 10.3. The molecule has 0 fully saturated rings. The number of nitrogens with zero attached hydrogens (tertiary/aromatic N) is 1. The Kier molecular flexibility index (Phi) is 8.52. The van der Waals surface area contributed by atoms with Crippen molar-refractivity contribution in [2.24, 2.45) is 0 Å². The Morgan fingerprint density at radius 2 is 1.88 bits per heavy atom. The summed E-state index contributed by atoms with van der Waals surface area (Å²) < 4.78 is 0. The molecular weight excluding hydrogens is 208 g/mol. The first-order valence-corrected chi connectivity index (χ1v) is 5.81. The number of hydrogen-bond acceptors (Lipinski definition) is 3. The smallest absolute Gasteiger partial charge is 0.317 e. The first-order chi connectivity index (χ1) is 7.60. The van der Waals surface area contributed by atoms with E-state index in [1.54, 1.807) is 4.90 Å². The van der Waals surface area contributed by atoms with Crippen molar-refractivity contribution in [2.45, 2.75) is 33.1 Å². The number of hydrogen-bond donors (Lipinski definition) is 2. The molecule has 0 heterocycles. The molecule has 0 spiro atoms. The molecule has 0 aromatic heterocycles. The van der Waals surface area contributed by atoms with E-state index in [0.717, 1.165) is 19.3 Å². The van der Waals surface area contributed by atoms with Gasteiger partial charge in [0, 0.05) is 6.54 Å². The second kappa shape index (κ2) is 9.15. The van der Waals surface area contributed by atoms with E-state index < -0.39 is 5.97 Å². The van der Waals surface area contributed by atoms with E-state index in [2.05, 4.69) is 12.2 Å². The van der Waals surface area contributed by atoms with Crippen LogP contribution in [0.1, 0.15) is 33.1 Å². The Morgan fingerprint density at radius 1 is 1.19 bits per heavy atom. The number of nitrogens with one attached hydrogen (secondary N) is 1. The standard InChI is InChI=1S/C11H22N2O3/c1-3-5-6-12-10(14)8-13(7-4-2)9-11(15)16/h3-9H2,1-2H3,(H,12,14)(H,15,16). The minimum Gasteiger partial charge on any atom is -0.480 e. The number of rotatable bonds is 9. The number of carbonyl (C=O) groups excluding carboxylic acids is 1. The molecular formula is C11H22N2O3. The zero-order valence-electron chi connectivity index (χ0n) is 10.2. The van der Waals surface area contributed by atoms with Crippen molar-refractivity contribution in [1.82, 2.24) is 10.2 Å². The largest absolute Gasteiger partial charge is 0.480 e. The quantitative estimate of drug-likeness (QED) is 0.572. The van der Waals surface area contributed by atoms with Crippen molar-refractivity contribution in [2.75, 3.05) is 26.2 Å². The van der Waals surface area contributed by atoms with Crippen molar-refractivity contribution in [3.8, 4) is 0 Å². The number of carbonyl (C=O) groups is 2. The van der Waals surface area contributed by atoms with Gasteiger partial charge in [-0.25, -0.2) is 0 Å². The fourth-order valence-corrected chi connectivity index (χ4v) is 1.39. The first kappa shape index (κ1) is 14.9. The second-order valence-electron chi connectivity index (χ2n) is 3.81. The third kappa shape index (κ3) is 8.23. The Bertz CT molecular complexity index is 219. The van der Waals surface area contributed by atoms with E-state index in [4.69, 9.17) is 5.11 Å². The van der Waals surface area contributed by atoms with Crippen LogP contribution in [0, 0.1) is 0 Å². The third-order valence-electron chi connectivity index (χ3n) is 2.12. The van der Waals surface area contributed by atoms with Crippen LogP contribution >= 0.6 is 0 Å². The molecule has 5 nitrogen and oxygen atoms in total. The monoisotopic (exact) mass is 230 g/mol. The molecule has 0 saturated heterocycles. The van der Waals surface area contributed by atoms with Crippen molar-refractivity contribution >= 4 is 11.9 Å².